The lowest BCUT2D eigenvalue weighted by atomic mass is 9.32. The maximum absolute atomic E-state index is 11.4. The molecule has 9 rings (SSSR count). The Balaban J connectivity index is 1.30. The second-order valence-electron chi connectivity index (χ2n) is 12.6. The lowest BCUT2D eigenvalue weighted by molar-refractivity contribution is -0.205. The molecule has 1 aromatic carbocycles. The third kappa shape index (κ3) is 2.27. The van der Waals surface area contributed by atoms with Crippen molar-refractivity contribution in [3.8, 4) is 0 Å². The fourth-order valence-corrected chi connectivity index (χ4v) is 10.9. The van der Waals surface area contributed by atoms with Gasteiger partial charge in [-0.3, -0.25) is 0 Å². The molecule has 0 spiro atoms. The van der Waals surface area contributed by atoms with Gasteiger partial charge in [-0.15, -0.1) is 0 Å². The first-order chi connectivity index (χ1) is 14.0. The van der Waals surface area contributed by atoms with Crippen LogP contribution < -0.4 is 0 Å². The second-order valence-corrected chi connectivity index (χ2v) is 12.6. The minimum atomic E-state index is -0.799. The van der Waals surface area contributed by atoms with Crippen molar-refractivity contribution in [2.24, 2.45) is 40.4 Å². The predicted molar refractivity (Wildman–Crippen MR) is 113 cm³/mol. The van der Waals surface area contributed by atoms with Crippen molar-refractivity contribution < 1.29 is 9.90 Å². The number of hydrogen-bond donors (Lipinski definition) is 1. The number of carbonyl (C=O) groups is 1. The fourth-order valence-electron chi connectivity index (χ4n) is 10.9. The average Bonchev–Trinajstić information content (AvgIpc) is 2.66. The molecule has 2 heteroatoms. The molecule has 0 saturated heterocycles. The van der Waals surface area contributed by atoms with Crippen LogP contribution in [0.25, 0.3) is 0 Å². The van der Waals surface area contributed by atoms with E-state index in [-0.39, 0.29) is 0 Å². The zero-order chi connectivity index (χ0) is 19.4. The first-order valence-electron chi connectivity index (χ1n) is 12.3. The van der Waals surface area contributed by atoms with Crippen LogP contribution in [0.4, 0.5) is 0 Å². The Hall–Kier alpha value is -1.31. The van der Waals surface area contributed by atoms with Crippen molar-refractivity contribution in [2.45, 2.75) is 82.5 Å². The number of hydrogen-bond acceptors (Lipinski definition) is 1. The molecular formula is C27H34O2. The van der Waals surface area contributed by atoms with Crippen LogP contribution in [0.5, 0.6) is 0 Å². The van der Waals surface area contributed by atoms with Gasteiger partial charge in [-0.25, -0.2) is 4.79 Å². The van der Waals surface area contributed by atoms with Gasteiger partial charge in [-0.2, -0.15) is 0 Å². The fraction of sp³-hybridized carbons (Fsp3) is 0.741. The molecule has 0 aromatic heterocycles. The Morgan fingerprint density at radius 2 is 1.17 bits per heavy atom. The zero-order valence-corrected chi connectivity index (χ0v) is 17.5. The van der Waals surface area contributed by atoms with E-state index >= 15 is 0 Å². The molecule has 2 unspecified atom stereocenters. The number of carboxylic acid groups (broad SMARTS) is 1. The highest BCUT2D eigenvalue weighted by Gasteiger charge is 2.67. The Morgan fingerprint density at radius 1 is 0.690 bits per heavy atom. The van der Waals surface area contributed by atoms with Crippen LogP contribution in [0.15, 0.2) is 24.3 Å². The summed E-state index contributed by atoms with van der Waals surface area (Å²) in [7, 11) is 0. The maximum Gasteiger partial charge on any atom is 0.335 e. The van der Waals surface area contributed by atoms with Crippen LogP contribution in [0.3, 0.4) is 0 Å². The summed E-state index contributed by atoms with van der Waals surface area (Å²) in [6.45, 7) is 0. The first-order valence-corrected chi connectivity index (χ1v) is 12.3. The normalized spacial score (nSPS) is 51.5. The molecule has 0 heterocycles. The standard InChI is InChI=1S/C27H34O2/c28-24(29)22-1-3-23(4-2-22)25-9-20-8-21(10-25)15-27(14-20,16-25)26-11-17-5-18(12-26)7-19(6-17)13-26/h1-4,17-21H,5-16H2,(H,28,29). The van der Waals surface area contributed by atoms with Crippen LogP contribution in [0.2, 0.25) is 0 Å². The topological polar surface area (TPSA) is 37.3 Å². The van der Waals surface area contributed by atoms with Gasteiger partial charge in [0.2, 0.25) is 0 Å². The number of carboxylic acids is 1. The highest BCUT2D eigenvalue weighted by Crippen LogP contribution is 2.77. The summed E-state index contributed by atoms with van der Waals surface area (Å²) in [5.41, 5.74) is 3.49. The van der Waals surface area contributed by atoms with Gasteiger partial charge in [0, 0.05) is 0 Å². The molecular weight excluding hydrogens is 356 g/mol. The van der Waals surface area contributed by atoms with E-state index in [0.717, 1.165) is 29.6 Å². The van der Waals surface area contributed by atoms with E-state index in [1.54, 1.807) is 38.5 Å². The smallest absolute Gasteiger partial charge is 0.335 e. The number of benzene rings is 1. The maximum atomic E-state index is 11.4. The van der Waals surface area contributed by atoms with Gasteiger partial charge in [-0.1, -0.05) is 12.1 Å². The molecule has 8 aliphatic rings. The molecule has 1 N–H and O–H groups in total. The van der Waals surface area contributed by atoms with Crippen molar-refractivity contribution >= 4 is 5.97 Å². The van der Waals surface area contributed by atoms with Gasteiger partial charge in [0.1, 0.15) is 0 Å². The minimum absolute atomic E-state index is 0.338. The highest BCUT2D eigenvalue weighted by molar-refractivity contribution is 5.87. The predicted octanol–water partition coefficient (Wildman–Crippen LogP) is 6.44. The lowest BCUT2D eigenvalue weighted by Gasteiger charge is -2.72. The number of aromatic carboxylic acids is 1. The number of rotatable bonds is 3. The van der Waals surface area contributed by atoms with E-state index in [9.17, 15) is 9.90 Å². The van der Waals surface area contributed by atoms with Crippen LogP contribution in [-0.4, -0.2) is 11.1 Å². The van der Waals surface area contributed by atoms with Crippen LogP contribution >= 0.6 is 0 Å². The molecule has 29 heavy (non-hydrogen) atoms. The van der Waals surface area contributed by atoms with Crippen molar-refractivity contribution in [3.63, 3.8) is 0 Å². The van der Waals surface area contributed by atoms with E-state index < -0.39 is 5.97 Å². The third-order valence-electron chi connectivity index (χ3n) is 11.0. The second kappa shape index (κ2) is 5.48. The summed E-state index contributed by atoms with van der Waals surface area (Å²) >= 11 is 0. The summed E-state index contributed by atoms with van der Waals surface area (Å²) in [4.78, 5) is 11.4. The van der Waals surface area contributed by atoms with Crippen molar-refractivity contribution in [3.05, 3.63) is 35.4 Å². The quantitative estimate of drug-likeness (QED) is 0.645. The molecule has 1 aromatic rings. The van der Waals surface area contributed by atoms with Gasteiger partial charge in [0.15, 0.2) is 0 Å². The molecule has 0 radical (unpaired) electrons. The molecule has 154 valence electrons. The molecule has 2 atom stereocenters. The zero-order valence-electron chi connectivity index (χ0n) is 17.5. The van der Waals surface area contributed by atoms with Crippen molar-refractivity contribution in [2.75, 3.05) is 0 Å². The van der Waals surface area contributed by atoms with E-state index in [1.165, 1.54) is 44.1 Å². The Bertz CT molecular complexity index is 816. The summed E-state index contributed by atoms with van der Waals surface area (Å²) < 4.78 is 0. The molecule has 8 fully saturated rings. The van der Waals surface area contributed by atoms with E-state index in [4.69, 9.17) is 0 Å². The van der Waals surface area contributed by atoms with Crippen LogP contribution in [0.1, 0.15) is 93.0 Å². The molecule has 8 bridgehead atoms. The van der Waals surface area contributed by atoms with E-state index in [1.807, 2.05) is 12.1 Å². The summed E-state index contributed by atoms with van der Waals surface area (Å²) in [6.07, 6.45) is 17.9. The van der Waals surface area contributed by atoms with E-state index in [0.29, 0.717) is 21.8 Å². The van der Waals surface area contributed by atoms with Crippen molar-refractivity contribution in [1.29, 1.82) is 0 Å². The van der Waals surface area contributed by atoms with Crippen LogP contribution in [0, 0.1) is 40.4 Å². The molecule has 8 aliphatic carbocycles. The Morgan fingerprint density at radius 3 is 1.69 bits per heavy atom. The molecule has 0 aliphatic heterocycles. The Labute approximate surface area is 174 Å². The van der Waals surface area contributed by atoms with Crippen LogP contribution in [-0.2, 0) is 5.41 Å². The van der Waals surface area contributed by atoms with E-state index in [2.05, 4.69) is 12.1 Å². The molecule has 8 saturated carbocycles. The Kier molecular flexibility index (Phi) is 3.28. The van der Waals surface area contributed by atoms with Gasteiger partial charge in [0.25, 0.3) is 0 Å². The minimum Gasteiger partial charge on any atom is -0.478 e. The summed E-state index contributed by atoms with van der Waals surface area (Å²) in [5.74, 6) is 4.17. The van der Waals surface area contributed by atoms with Gasteiger partial charge in [0.05, 0.1) is 5.56 Å². The summed E-state index contributed by atoms with van der Waals surface area (Å²) in [5, 5.41) is 9.35. The summed E-state index contributed by atoms with van der Waals surface area (Å²) in [6, 6.07) is 8.11. The van der Waals surface area contributed by atoms with Gasteiger partial charge in [-0.05, 0) is 141 Å². The average molecular weight is 391 g/mol. The van der Waals surface area contributed by atoms with Gasteiger partial charge < -0.3 is 5.11 Å². The first kappa shape index (κ1) is 17.4. The molecule has 2 nitrogen and oxygen atoms in total. The highest BCUT2D eigenvalue weighted by atomic mass is 16.4. The third-order valence-corrected chi connectivity index (χ3v) is 11.0. The lowest BCUT2D eigenvalue weighted by Crippen LogP contribution is -2.63. The SMILES string of the molecule is O=C(O)c1ccc(C23CC4CC(C2)CC(C25CC6CC(CC(C6)C2)C5)(C4)C3)cc1. The van der Waals surface area contributed by atoms with Crippen molar-refractivity contribution in [1.82, 2.24) is 0 Å². The monoisotopic (exact) mass is 390 g/mol. The molecule has 0 amide bonds. The largest absolute Gasteiger partial charge is 0.478 e. The van der Waals surface area contributed by atoms with Gasteiger partial charge >= 0.3 is 5.97 Å².